The van der Waals surface area contributed by atoms with Crippen molar-refractivity contribution in [3.63, 3.8) is 0 Å². The van der Waals surface area contributed by atoms with Gasteiger partial charge >= 0.3 is 0 Å². The summed E-state index contributed by atoms with van der Waals surface area (Å²) < 4.78 is 0. The Morgan fingerprint density at radius 2 is 2.31 bits per heavy atom. The van der Waals surface area contributed by atoms with Crippen molar-refractivity contribution in [2.45, 2.75) is 13.3 Å². The van der Waals surface area contributed by atoms with Gasteiger partial charge in [0.1, 0.15) is 0 Å². The van der Waals surface area contributed by atoms with Crippen molar-refractivity contribution in [2.24, 2.45) is 0 Å². The molecule has 0 atom stereocenters. The van der Waals surface area contributed by atoms with Crippen molar-refractivity contribution < 1.29 is 4.79 Å². The van der Waals surface area contributed by atoms with Gasteiger partial charge in [-0.25, -0.2) is 0 Å². The Kier molecular flexibility index (Phi) is 4.88. The fraction of sp³-hybridized carbons (Fsp3) is 0.308. The largest absolute Gasteiger partial charge is 0.332 e. The molecule has 0 bridgehead atoms. The van der Waals surface area contributed by atoms with Gasteiger partial charge in [-0.15, -0.1) is 6.42 Å². The second-order valence-electron chi connectivity index (χ2n) is 3.42. The third-order valence-corrected chi connectivity index (χ3v) is 2.50. The summed E-state index contributed by atoms with van der Waals surface area (Å²) in [5.41, 5.74) is 0.910. The van der Waals surface area contributed by atoms with Crippen LogP contribution in [0.1, 0.15) is 12.5 Å². The zero-order valence-corrected chi connectivity index (χ0v) is 10.00. The minimum atomic E-state index is 0.0303. The van der Waals surface area contributed by atoms with E-state index in [0.29, 0.717) is 24.5 Å². The van der Waals surface area contributed by atoms with E-state index < -0.39 is 0 Å². The van der Waals surface area contributed by atoms with E-state index in [1.165, 1.54) is 0 Å². The molecule has 0 aliphatic heterocycles. The lowest BCUT2D eigenvalue weighted by molar-refractivity contribution is -0.129. The summed E-state index contributed by atoms with van der Waals surface area (Å²) in [7, 11) is 0. The lowest BCUT2D eigenvalue weighted by Gasteiger charge is -2.17. The number of nitrogens with zero attached hydrogens (tertiary/aromatic N) is 1. The van der Waals surface area contributed by atoms with E-state index >= 15 is 0 Å². The molecule has 16 heavy (non-hydrogen) atoms. The monoisotopic (exact) mass is 235 g/mol. The molecule has 0 aliphatic rings. The molecule has 1 rings (SSSR count). The maximum absolute atomic E-state index is 11.8. The summed E-state index contributed by atoms with van der Waals surface area (Å²) in [4.78, 5) is 13.5. The van der Waals surface area contributed by atoms with E-state index in [9.17, 15) is 4.79 Å². The molecule has 0 N–H and O–H groups in total. The van der Waals surface area contributed by atoms with Crippen LogP contribution in [0.5, 0.6) is 0 Å². The number of benzene rings is 1. The number of rotatable bonds is 4. The van der Waals surface area contributed by atoms with Crippen LogP contribution in [0.2, 0.25) is 5.02 Å². The van der Waals surface area contributed by atoms with Crippen molar-refractivity contribution in [1.29, 1.82) is 0 Å². The smallest absolute Gasteiger partial charge is 0.227 e. The van der Waals surface area contributed by atoms with Crippen LogP contribution >= 0.6 is 11.6 Å². The number of hydrogen-bond donors (Lipinski definition) is 0. The Morgan fingerprint density at radius 1 is 1.56 bits per heavy atom. The molecule has 0 fully saturated rings. The molecule has 1 aromatic rings. The van der Waals surface area contributed by atoms with E-state index in [0.717, 1.165) is 5.56 Å². The highest BCUT2D eigenvalue weighted by atomic mass is 35.5. The highest BCUT2D eigenvalue weighted by Gasteiger charge is 2.10. The van der Waals surface area contributed by atoms with Gasteiger partial charge in [-0.1, -0.05) is 29.7 Å². The summed E-state index contributed by atoms with van der Waals surface area (Å²) >= 11 is 5.85. The quantitative estimate of drug-likeness (QED) is 0.734. The molecule has 0 saturated carbocycles. The Bertz CT molecular complexity index is 409. The molecule has 0 spiro atoms. The first kappa shape index (κ1) is 12.6. The maximum Gasteiger partial charge on any atom is 0.227 e. The van der Waals surface area contributed by atoms with E-state index in [4.69, 9.17) is 18.0 Å². The molecule has 0 unspecified atom stereocenters. The van der Waals surface area contributed by atoms with E-state index in [1.54, 1.807) is 17.0 Å². The fourth-order valence-corrected chi connectivity index (χ4v) is 1.63. The number of hydrogen-bond acceptors (Lipinski definition) is 1. The lowest BCUT2D eigenvalue weighted by Crippen LogP contribution is -2.32. The third-order valence-electron chi connectivity index (χ3n) is 2.26. The Balaban J connectivity index is 2.67. The minimum Gasteiger partial charge on any atom is -0.332 e. The van der Waals surface area contributed by atoms with Crippen LogP contribution in [-0.4, -0.2) is 23.9 Å². The van der Waals surface area contributed by atoms with Crippen molar-refractivity contribution in [3.05, 3.63) is 34.9 Å². The molecule has 84 valence electrons. The predicted octanol–water partition coefficient (Wildman–Crippen LogP) is 2.36. The third kappa shape index (κ3) is 3.60. The van der Waals surface area contributed by atoms with Gasteiger partial charge in [-0.3, -0.25) is 4.79 Å². The molecular weight excluding hydrogens is 222 g/mol. The number of carbonyl (C=O) groups is 1. The highest BCUT2D eigenvalue weighted by molar-refractivity contribution is 6.30. The van der Waals surface area contributed by atoms with E-state index in [2.05, 4.69) is 5.92 Å². The summed E-state index contributed by atoms with van der Waals surface area (Å²) in [6.45, 7) is 2.90. The average molecular weight is 236 g/mol. The highest BCUT2D eigenvalue weighted by Crippen LogP contribution is 2.11. The van der Waals surface area contributed by atoms with Gasteiger partial charge in [0.25, 0.3) is 0 Å². The first-order chi connectivity index (χ1) is 7.67. The fourth-order valence-electron chi connectivity index (χ4n) is 1.42. The Morgan fingerprint density at radius 3 is 2.88 bits per heavy atom. The second kappa shape index (κ2) is 6.19. The molecule has 0 saturated heterocycles. The summed E-state index contributed by atoms with van der Waals surface area (Å²) in [5.74, 6) is 2.51. The molecule has 0 heterocycles. The average Bonchev–Trinajstić information content (AvgIpc) is 2.25. The molecule has 0 aromatic heterocycles. The maximum atomic E-state index is 11.8. The molecule has 0 aliphatic carbocycles. The van der Waals surface area contributed by atoms with Crippen LogP contribution in [-0.2, 0) is 11.2 Å². The molecular formula is C13H14ClNO. The zero-order chi connectivity index (χ0) is 12.0. The van der Waals surface area contributed by atoms with Crippen LogP contribution in [0.4, 0.5) is 0 Å². The molecule has 2 nitrogen and oxygen atoms in total. The van der Waals surface area contributed by atoms with Gasteiger partial charge in [0.2, 0.25) is 5.91 Å². The first-order valence-electron chi connectivity index (χ1n) is 5.13. The van der Waals surface area contributed by atoms with Gasteiger partial charge < -0.3 is 4.90 Å². The predicted molar refractivity (Wildman–Crippen MR) is 66.2 cm³/mol. The number of terminal acetylenes is 1. The van der Waals surface area contributed by atoms with Crippen LogP contribution < -0.4 is 0 Å². The number of halogens is 1. The van der Waals surface area contributed by atoms with Gasteiger partial charge in [-0.05, 0) is 24.6 Å². The number of amides is 1. The van der Waals surface area contributed by atoms with Gasteiger partial charge in [0.05, 0.1) is 13.0 Å². The van der Waals surface area contributed by atoms with E-state index in [-0.39, 0.29) is 5.91 Å². The summed E-state index contributed by atoms with van der Waals surface area (Å²) in [6.07, 6.45) is 5.54. The van der Waals surface area contributed by atoms with Crippen molar-refractivity contribution in [3.8, 4) is 12.3 Å². The van der Waals surface area contributed by atoms with Gasteiger partial charge in [0, 0.05) is 11.6 Å². The molecule has 0 radical (unpaired) electrons. The summed E-state index contributed by atoms with van der Waals surface area (Å²) in [6, 6.07) is 7.30. The first-order valence-corrected chi connectivity index (χ1v) is 5.50. The van der Waals surface area contributed by atoms with Crippen molar-refractivity contribution in [1.82, 2.24) is 4.90 Å². The molecule has 1 aromatic carbocycles. The summed E-state index contributed by atoms with van der Waals surface area (Å²) in [5, 5.41) is 0.644. The van der Waals surface area contributed by atoms with Crippen LogP contribution in [0, 0.1) is 12.3 Å². The second-order valence-corrected chi connectivity index (χ2v) is 3.86. The van der Waals surface area contributed by atoms with E-state index in [1.807, 2.05) is 19.1 Å². The standard InChI is InChI=1S/C13H14ClNO/c1-3-8-15(4-2)13(16)10-11-6-5-7-12(14)9-11/h1,5-7,9H,4,8,10H2,2H3. The van der Waals surface area contributed by atoms with Gasteiger partial charge in [-0.2, -0.15) is 0 Å². The van der Waals surface area contributed by atoms with Crippen molar-refractivity contribution in [2.75, 3.05) is 13.1 Å². The number of carbonyl (C=O) groups excluding carboxylic acids is 1. The zero-order valence-electron chi connectivity index (χ0n) is 9.24. The van der Waals surface area contributed by atoms with Gasteiger partial charge in [0.15, 0.2) is 0 Å². The minimum absolute atomic E-state index is 0.0303. The molecule has 1 amide bonds. The van der Waals surface area contributed by atoms with Crippen LogP contribution in [0.15, 0.2) is 24.3 Å². The van der Waals surface area contributed by atoms with Crippen molar-refractivity contribution >= 4 is 17.5 Å². The van der Waals surface area contributed by atoms with Crippen LogP contribution in [0.3, 0.4) is 0 Å². The molecule has 3 heteroatoms. The topological polar surface area (TPSA) is 20.3 Å². The lowest BCUT2D eigenvalue weighted by atomic mass is 10.1. The Labute approximate surface area is 101 Å². The normalized spacial score (nSPS) is 9.56. The number of likely N-dealkylation sites (N-methyl/N-ethyl adjacent to an activating group) is 1. The van der Waals surface area contributed by atoms with Crippen LogP contribution in [0.25, 0.3) is 0 Å². The SMILES string of the molecule is C#CCN(CC)C(=O)Cc1cccc(Cl)c1. The Hall–Kier alpha value is -1.46.